The molecular formula is C15H19N3O2. The highest BCUT2D eigenvalue weighted by atomic mass is 16.6. The largest absolute Gasteiger partial charge is 0.444 e. The molecular weight excluding hydrogens is 254 g/mol. The van der Waals surface area contributed by atoms with Crippen LogP contribution in [0.1, 0.15) is 32.3 Å². The summed E-state index contributed by atoms with van der Waals surface area (Å²) < 4.78 is 7.36. The Morgan fingerprint density at radius 2 is 2.10 bits per heavy atom. The van der Waals surface area contributed by atoms with Crippen LogP contribution in [-0.4, -0.2) is 39.1 Å². The van der Waals surface area contributed by atoms with Crippen molar-refractivity contribution in [3.8, 4) is 0 Å². The quantitative estimate of drug-likeness (QED) is 0.802. The topological polar surface area (TPSA) is 46.8 Å². The molecule has 106 valence electrons. The SMILES string of the molecule is CC(C)(C)OC(=O)N1CC(c2ccc3nccn3c2)C1. The monoisotopic (exact) mass is 273 g/mol. The maximum atomic E-state index is 11.9. The van der Waals surface area contributed by atoms with Crippen molar-refractivity contribution in [3.63, 3.8) is 0 Å². The van der Waals surface area contributed by atoms with E-state index in [1.807, 2.05) is 37.4 Å². The molecule has 3 rings (SSSR count). The minimum absolute atomic E-state index is 0.225. The molecule has 5 heteroatoms. The Morgan fingerprint density at radius 1 is 1.35 bits per heavy atom. The fourth-order valence-electron chi connectivity index (χ4n) is 2.34. The highest BCUT2D eigenvalue weighted by Gasteiger charge is 2.34. The first-order valence-electron chi connectivity index (χ1n) is 6.83. The van der Waals surface area contributed by atoms with Gasteiger partial charge in [0, 0.05) is 37.6 Å². The lowest BCUT2D eigenvalue weighted by molar-refractivity contribution is 0.00816. The van der Waals surface area contributed by atoms with Gasteiger partial charge in [-0.25, -0.2) is 9.78 Å². The van der Waals surface area contributed by atoms with E-state index in [0.29, 0.717) is 5.92 Å². The number of amides is 1. The number of carbonyl (C=O) groups is 1. The van der Waals surface area contributed by atoms with Gasteiger partial charge in [0.1, 0.15) is 11.2 Å². The van der Waals surface area contributed by atoms with Gasteiger partial charge in [0.15, 0.2) is 0 Å². The van der Waals surface area contributed by atoms with Gasteiger partial charge in [0.05, 0.1) is 0 Å². The molecule has 2 aromatic heterocycles. The number of imidazole rings is 1. The van der Waals surface area contributed by atoms with Crippen molar-refractivity contribution in [2.24, 2.45) is 0 Å². The van der Waals surface area contributed by atoms with Gasteiger partial charge in [0.25, 0.3) is 0 Å². The van der Waals surface area contributed by atoms with E-state index in [9.17, 15) is 4.79 Å². The molecule has 1 amide bonds. The lowest BCUT2D eigenvalue weighted by Crippen LogP contribution is -2.50. The zero-order chi connectivity index (χ0) is 14.3. The first-order valence-corrected chi connectivity index (χ1v) is 6.83. The summed E-state index contributed by atoms with van der Waals surface area (Å²) in [5, 5.41) is 0. The van der Waals surface area contributed by atoms with E-state index >= 15 is 0 Å². The first-order chi connectivity index (χ1) is 9.42. The van der Waals surface area contributed by atoms with Crippen molar-refractivity contribution in [2.45, 2.75) is 32.3 Å². The average molecular weight is 273 g/mol. The van der Waals surface area contributed by atoms with Crippen LogP contribution in [0.2, 0.25) is 0 Å². The van der Waals surface area contributed by atoms with Gasteiger partial charge in [-0.3, -0.25) is 0 Å². The van der Waals surface area contributed by atoms with Gasteiger partial charge >= 0.3 is 6.09 Å². The Balaban J connectivity index is 1.63. The Bertz CT molecular complexity index is 636. The number of nitrogens with zero attached hydrogens (tertiary/aromatic N) is 3. The summed E-state index contributed by atoms with van der Waals surface area (Å²) in [7, 11) is 0. The van der Waals surface area contributed by atoms with E-state index in [2.05, 4.69) is 17.2 Å². The van der Waals surface area contributed by atoms with Gasteiger partial charge < -0.3 is 14.0 Å². The van der Waals surface area contributed by atoms with E-state index < -0.39 is 5.60 Å². The molecule has 0 bridgehead atoms. The third-order valence-corrected chi connectivity index (χ3v) is 3.42. The molecule has 0 aliphatic carbocycles. The van der Waals surface area contributed by atoms with Crippen LogP contribution in [0.3, 0.4) is 0 Å². The molecule has 0 radical (unpaired) electrons. The predicted octanol–water partition coefficient (Wildman–Crippen LogP) is 2.67. The first kappa shape index (κ1) is 13.0. The molecule has 0 spiro atoms. The second-order valence-electron chi connectivity index (χ2n) is 6.24. The summed E-state index contributed by atoms with van der Waals surface area (Å²) in [6.07, 6.45) is 5.58. The van der Waals surface area contributed by atoms with Gasteiger partial charge in [-0.15, -0.1) is 0 Å². The molecule has 2 aromatic rings. The third-order valence-electron chi connectivity index (χ3n) is 3.42. The van der Waals surface area contributed by atoms with E-state index in [1.54, 1.807) is 11.1 Å². The zero-order valence-corrected chi connectivity index (χ0v) is 12.0. The fourth-order valence-corrected chi connectivity index (χ4v) is 2.34. The molecule has 3 heterocycles. The molecule has 0 N–H and O–H groups in total. The number of hydrogen-bond donors (Lipinski definition) is 0. The highest BCUT2D eigenvalue weighted by molar-refractivity contribution is 5.69. The van der Waals surface area contributed by atoms with E-state index in [4.69, 9.17) is 4.74 Å². The Morgan fingerprint density at radius 3 is 2.80 bits per heavy atom. The maximum Gasteiger partial charge on any atom is 0.410 e. The zero-order valence-electron chi connectivity index (χ0n) is 12.0. The lowest BCUT2D eigenvalue weighted by Gasteiger charge is -2.40. The van der Waals surface area contributed by atoms with Crippen molar-refractivity contribution >= 4 is 11.7 Å². The van der Waals surface area contributed by atoms with Crippen molar-refractivity contribution in [2.75, 3.05) is 13.1 Å². The summed E-state index contributed by atoms with van der Waals surface area (Å²) in [5.74, 6) is 0.384. The maximum absolute atomic E-state index is 11.9. The molecule has 1 fully saturated rings. The van der Waals surface area contributed by atoms with Crippen LogP contribution in [0, 0.1) is 0 Å². The van der Waals surface area contributed by atoms with E-state index in [0.717, 1.165) is 18.7 Å². The number of likely N-dealkylation sites (tertiary alicyclic amines) is 1. The van der Waals surface area contributed by atoms with Gasteiger partial charge in [-0.2, -0.15) is 0 Å². The highest BCUT2D eigenvalue weighted by Crippen LogP contribution is 2.28. The molecule has 20 heavy (non-hydrogen) atoms. The second kappa shape index (κ2) is 4.51. The molecule has 1 aliphatic heterocycles. The molecule has 0 saturated carbocycles. The van der Waals surface area contributed by atoms with Crippen LogP contribution in [0.25, 0.3) is 5.65 Å². The molecule has 1 saturated heterocycles. The number of ether oxygens (including phenoxy) is 1. The number of aromatic nitrogens is 2. The predicted molar refractivity (Wildman–Crippen MR) is 75.7 cm³/mol. The number of fused-ring (bicyclic) bond motifs is 1. The number of rotatable bonds is 1. The Hall–Kier alpha value is -2.04. The van der Waals surface area contributed by atoms with E-state index in [1.165, 1.54) is 5.56 Å². The van der Waals surface area contributed by atoms with Crippen LogP contribution in [0.4, 0.5) is 4.79 Å². The molecule has 0 unspecified atom stereocenters. The number of pyridine rings is 1. The summed E-state index contributed by atoms with van der Waals surface area (Å²) >= 11 is 0. The second-order valence-corrected chi connectivity index (χ2v) is 6.24. The molecule has 0 atom stereocenters. The molecule has 5 nitrogen and oxygen atoms in total. The minimum Gasteiger partial charge on any atom is -0.444 e. The van der Waals surface area contributed by atoms with Gasteiger partial charge in [0.2, 0.25) is 0 Å². The van der Waals surface area contributed by atoms with Gasteiger partial charge in [-0.1, -0.05) is 6.07 Å². The number of carbonyl (C=O) groups excluding carboxylic acids is 1. The Labute approximate surface area is 118 Å². The number of hydrogen-bond acceptors (Lipinski definition) is 3. The van der Waals surface area contributed by atoms with Crippen LogP contribution >= 0.6 is 0 Å². The van der Waals surface area contributed by atoms with Crippen LogP contribution < -0.4 is 0 Å². The van der Waals surface area contributed by atoms with Crippen molar-refractivity contribution in [3.05, 3.63) is 36.3 Å². The molecule has 0 aromatic carbocycles. The fraction of sp³-hybridized carbons (Fsp3) is 0.467. The Kier molecular flexibility index (Phi) is 2.92. The van der Waals surface area contributed by atoms with Gasteiger partial charge in [-0.05, 0) is 32.4 Å². The summed E-state index contributed by atoms with van der Waals surface area (Å²) in [6.45, 7) is 7.09. The van der Waals surface area contributed by atoms with Crippen molar-refractivity contribution in [1.82, 2.24) is 14.3 Å². The van der Waals surface area contributed by atoms with E-state index in [-0.39, 0.29) is 6.09 Å². The van der Waals surface area contributed by atoms with Crippen molar-refractivity contribution in [1.29, 1.82) is 0 Å². The van der Waals surface area contributed by atoms with Crippen LogP contribution in [0.15, 0.2) is 30.7 Å². The summed E-state index contributed by atoms with van der Waals surface area (Å²) in [6, 6.07) is 4.09. The molecule has 1 aliphatic rings. The average Bonchev–Trinajstić information content (AvgIpc) is 2.71. The lowest BCUT2D eigenvalue weighted by atomic mass is 9.93. The van der Waals surface area contributed by atoms with Crippen LogP contribution in [-0.2, 0) is 4.74 Å². The minimum atomic E-state index is -0.433. The third kappa shape index (κ3) is 2.48. The summed E-state index contributed by atoms with van der Waals surface area (Å²) in [4.78, 5) is 17.8. The standard InChI is InChI=1S/C15H19N3O2/c1-15(2,3)20-14(19)18-9-12(10-18)11-4-5-13-16-6-7-17(13)8-11/h4-8,12H,9-10H2,1-3H3. The van der Waals surface area contributed by atoms with Crippen molar-refractivity contribution < 1.29 is 9.53 Å². The summed E-state index contributed by atoms with van der Waals surface area (Å²) in [5.41, 5.74) is 1.74. The smallest absolute Gasteiger partial charge is 0.410 e. The van der Waals surface area contributed by atoms with Crippen LogP contribution in [0.5, 0.6) is 0 Å². The normalized spacial score (nSPS) is 16.2.